The number of Topliss-reactive ketones (excluding diaryl/α,β-unsaturated/α-hetero) is 1. The van der Waals surface area contributed by atoms with Crippen LogP contribution in [-0.2, 0) is 4.79 Å². The van der Waals surface area contributed by atoms with Gasteiger partial charge in [-0.2, -0.15) is 0 Å². The molecule has 4 unspecified atom stereocenters. The van der Waals surface area contributed by atoms with Crippen molar-refractivity contribution in [2.45, 2.75) is 45.6 Å². The van der Waals surface area contributed by atoms with Crippen molar-refractivity contribution >= 4 is 5.78 Å². The Kier molecular flexibility index (Phi) is 3.03. The largest absolute Gasteiger partial charge is 0.392 e. The van der Waals surface area contributed by atoms with Gasteiger partial charge in [-0.1, -0.05) is 25.7 Å². The molecule has 0 amide bonds. The van der Waals surface area contributed by atoms with Crippen molar-refractivity contribution in [2.75, 3.05) is 0 Å². The van der Waals surface area contributed by atoms with Gasteiger partial charge in [-0.05, 0) is 43.6 Å². The van der Waals surface area contributed by atoms with Crippen LogP contribution >= 0.6 is 0 Å². The Morgan fingerprint density at radius 3 is 2.76 bits per heavy atom. The van der Waals surface area contributed by atoms with Crippen LogP contribution < -0.4 is 0 Å². The molecular formula is C15H22O2. The average molecular weight is 234 g/mol. The third-order valence-electron chi connectivity index (χ3n) is 4.96. The first-order valence-corrected chi connectivity index (χ1v) is 6.41. The maximum Gasteiger partial charge on any atom is 0.161 e. The van der Waals surface area contributed by atoms with Crippen LogP contribution in [0.2, 0.25) is 0 Å². The summed E-state index contributed by atoms with van der Waals surface area (Å²) in [6, 6.07) is 0. The number of carbonyl (C=O) groups is 1. The second-order valence-electron chi connectivity index (χ2n) is 6.04. The first-order valence-electron chi connectivity index (χ1n) is 6.41. The first-order chi connectivity index (χ1) is 7.86. The van der Waals surface area contributed by atoms with E-state index < -0.39 is 6.10 Å². The van der Waals surface area contributed by atoms with Crippen LogP contribution in [0.15, 0.2) is 24.3 Å². The summed E-state index contributed by atoms with van der Waals surface area (Å²) in [6.07, 6.45) is 2.71. The number of hydrogen-bond donors (Lipinski definition) is 1. The zero-order valence-corrected chi connectivity index (χ0v) is 10.8. The minimum absolute atomic E-state index is 0.0438. The summed E-state index contributed by atoms with van der Waals surface area (Å²) in [7, 11) is 0. The van der Waals surface area contributed by atoms with E-state index in [1.807, 2.05) is 0 Å². The lowest BCUT2D eigenvalue weighted by Gasteiger charge is -2.50. The second-order valence-corrected chi connectivity index (χ2v) is 6.04. The Morgan fingerprint density at radius 1 is 1.53 bits per heavy atom. The Bertz CT molecular complexity index is 382. The summed E-state index contributed by atoms with van der Waals surface area (Å²) >= 11 is 0. The number of allylic oxidation sites excluding steroid dienone is 2. The number of aliphatic hydroxyl groups is 1. The monoisotopic (exact) mass is 234 g/mol. The van der Waals surface area contributed by atoms with Crippen molar-refractivity contribution < 1.29 is 9.90 Å². The van der Waals surface area contributed by atoms with Crippen molar-refractivity contribution in [3.8, 4) is 0 Å². The molecule has 2 fully saturated rings. The van der Waals surface area contributed by atoms with Crippen molar-refractivity contribution in [3.63, 3.8) is 0 Å². The molecule has 2 saturated carbocycles. The molecule has 0 saturated heterocycles. The molecule has 2 nitrogen and oxygen atoms in total. The Morgan fingerprint density at radius 2 is 2.18 bits per heavy atom. The molecule has 0 radical (unpaired) electrons. The highest BCUT2D eigenvalue weighted by molar-refractivity contribution is 5.96. The molecule has 2 heteroatoms. The van der Waals surface area contributed by atoms with E-state index >= 15 is 0 Å². The smallest absolute Gasteiger partial charge is 0.161 e. The zero-order valence-electron chi connectivity index (χ0n) is 10.8. The fourth-order valence-electron chi connectivity index (χ4n) is 3.45. The number of carbonyl (C=O) groups excluding carboxylic acids is 1. The van der Waals surface area contributed by atoms with Crippen LogP contribution in [0, 0.1) is 17.3 Å². The van der Waals surface area contributed by atoms with Gasteiger partial charge >= 0.3 is 0 Å². The lowest BCUT2D eigenvalue weighted by molar-refractivity contribution is -0.129. The molecular weight excluding hydrogens is 212 g/mol. The van der Waals surface area contributed by atoms with Gasteiger partial charge in [0.25, 0.3) is 0 Å². The molecule has 0 spiro atoms. The van der Waals surface area contributed by atoms with E-state index in [2.05, 4.69) is 27.0 Å². The van der Waals surface area contributed by atoms with Gasteiger partial charge in [0, 0.05) is 11.8 Å². The fourth-order valence-corrected chi connectivity index (χ4v) is 3.45. The predicted octanol–water partition coefficient (Wildman–Crippen LogP) is 2.88. The molecule has 2 rings (SSSR count). The van der Waals surface area contributed by atoms with Crippen LogP contribution in [-0.4, -0.2) is 17.0 Å². The molecule has 94 valence electrons. The van der Waals surface area contributed by atoms with E-state index in [0.29, 0.717) is 5.92 Å². The summed E-state index contributed by atoms with van der Waals surface area (Å²) < 4.78 is 0. The molecule has 4 atom stereocenters. The lowest BCUT2D eigenvalue weighted by Crippen LogP contribution is -2.50. The summed E-state index contributed by atoms with van der Waals surface area (Å²) in [4.78, 5) is 11.8. The van der Waals surface area contributed by atoms with Gasteiger partial charge in [0.1, 0.15) is 0 Å². The lowest BCUT2D eigenvalue weighted by atomic mass is 9.55. The zero-order chi connectivity index (χ0) is 12.8. The van der Waals surface area contributed by atoms with Crippen LogP contribution in [0.3, 0.4) is 0 Å². The molecule has 0 aliphatic heterocycles. The summed E-state index contributed by atoms with van der Waals surface area (Å²) in [5, 5.41) is 10.2. The van der Waals surface area contributed by atoms with Gasteiger partial charge in [0.15, 0.2) is 5.78 Å². The maximum absolute atomic E-state index is 11.8. The van der Waals surface area contributed by atoms with Crippen molar-refractivity contribution in [2.24, 2.45) is 17.3 Å². The molecule has 2 aliphatic carbocycles. The first kappa shape index (κ1) is 12.6. The van der Waals surface area contributed by atoms with E-state index in [0.717, 1.165) is 24.8 Å². The van der Waals surface area contributed by atoms with E-state index in [1.54, 1.807) is 0 Å². The summed E-state index contributed by atoms with van der Waals surface area (Å²) in [5.41, 5.74) is 1.76. The minimum atomic E-state index is -0.503. The van der Waals surface area contributed by atoms with Crippen molar-refractivity contribution in [3.05, 3.63) is 24.3 Å². The van der Waals surface area contributed by atoms with Crippen molar-refractivity contribution in [1.82, 2.24) is 0 Å². The molecule has 2 aliphatic rings. The third-order valence-corrected chi connectivity index (χ3v) is 4.96. The highest BCUT2D eigenvalue weighted by Crippen LogP contribution is 2.53. The van der Waals surface area contributed by atoms with Crippen LogP contribution in [0.5, 0.6) is 0 Å². The highest BCUT2D eigenvalue weighted by atomic mass is 16.3. The Hall–Kier alpha value is -0.890. The normalized spacial score (nSPS) is 42.2. The van der Waals surface area contributed by atoms with E-state index in [-0.39, 0.29) is 23.5 Å². The van der Waals surface area contributed by atoms with Crippen LogP contribution in [0.1, 0.15) is 39.5 Å². The van der Waals surface area contributed by atoms with Gasteiger partial charge < -0.3 is 5.11 Å². The maximum atomic E-state index is 11.8. The summed E-state index contributed by atoms with van der Waals surface area (Å²) in [5.74, 6) is 0.652. The number of fused-ring (bicyclic) bond motifs is 1. The molecule has 0 heterocycles. The Labute approximate surface area is 103 Å². The predicted molar refractivity (Wildman–Crippen MR) is 68.5 cm³/mol. The molecule has 0 aromatic rings. The van der Waals surface area contributed by atoms with Crippen molar-refractivity contribution in [1.29, 1.82) is 0 Å². The third kappa shape index (κ3) is 1.89. The van der Waals surface area contributed by atoms with Gasteiger partial charge in [-0.3, -0.25) is 4.79 Å². The molecule has 17 heavy (non-hydrogen) atoms. The molecule has 0 aromatic heterocycles. The SMILES string of the molecule is C=C(C)C1CCC2(C)C(O)CC(=O)C(=C)C2C1. The summed E-state index contributed by atoms with van der Waals surface area (Å²) in [6.45, 7) is 12.1. The molecule has 1 N–H and O–H groups in total. The topological polar surface area (TPSA) is 37.3 Å². The number of ketones is 1. The standard InChI is InChI=1S/C15H22O2/c1-9(2)11-5-6-15(4)12(7-11)10(3)13(16)8-14(15)17/h11-12,14,17H,1,3,5-8H2,2,4H3. The highest BCUT2D eigenvalue weighted by Gasteiger charge is 2.50. The molecule has 0 aromatic carbocycles. The van der Waals surface area contributed by atoms with Gasteiger partial charge in [-0.15, -0.1) is 0 Å². The number of rotatable bonds is 1. The van der Waals surface area contributed by atoms with E-state index in [1.165, 1.54) is 5.57 Å². The average Bonchev–Trinajstić information content (AvgIpc) is 2.26. The van der Waals surface area contributed by atoms with Gasteiger partial charge in [-0.25, -0.2) is 0 Å². The van der Waals surface area contributed by atoms with Crippen LogP contribution in [0.25, 0.3) is 0 Å². The van der Waals surface area contributed by atoms with E-state index in [4.69, 9.17) is 0 Å². The quantitative estimate of drug-likeness (QED) is 0.559. The van der Waals surface area contributed by atoms with Gasteiger partial charge in [0.2, 0.25) is 0 Å². The molecule has 0 bridgehead atoms. The minimum Gasteiger partial charge on any atom is -0.392 e. The number of hydrogen-bond acceptors (Lipinski definition) is 2. The Balaban J connectivity index is 2.29. The second kappa shape index (κ2) is 4.09. The van der Waals surface area contributed by atoms with Crippen LogP contribution in [0.4, 0.5) is 0 Å². The fraction of sp³-hybridized carbons (Fsp3) is 0.667. The number of aliphatic hydroxyl groups excluding tert-OH is 1. The van der Waals surface area contributed by atoms with Gasteiger partial charge in [0.05, 0.1) is 6.10 Å². The van der Waals surface area contributed by atoms with E-state index in [9.17, 15) is 9.90 Å².